The first-order valence-corrected chi connectivity index (χ1v) is 5.15. The topological polar surface area (TPSA) is 68.0 Å². The number of carbonyl (C=O) groups is 1. The van der Waals surface area contributed by atoms with Crippen molar-refractivity contribution in [3.63, 3.8) is 0 Å². The molecule has 1 aromatic heterocycles. The molecule has 1 amide bonds. The number of hydrogen-bond acceptors (Lipinski definition) is 4. The van der Waals surface area contributed by atoms with Crippen LogP contribution in [0.1, 0.15) is 29.8 Å². The quantitative estimate of drug-likeness (QED) is 0.743. The van der Waals surface area contributed by atoms with Gasteiger partial charge in [-0.25, -0.2) is 4.98 Å². The van der Waals surface area contributed by atoms with Gasteiger partial charge in [0.15, 0.2) is 5.69 Å². The fourth-order valence-corrected chi connectivity index (χ4v) is 1.76. The number of thiazole rings is 1. The molecule has 0 saturated heterocycles. The Labute approximate surface area is 80.2 Å². The van der Waals surface area contributed by atoms with E-state index in [1.54, 1.807) is 5.51 Å². The maximum atomic E-state index is 11.5. The van der Waals surface area contributed by atoms with E-state index in [4.69, 9.17) is 5.73 Å². The lowest BCUT2D eigenvalue weighted by molar-refractivity contribution is 0.0913. The Morgan fingerprint density at radius 3 is 2.92 bits per heavy atom. The number of rotatable bonds is 2. The van der Waals surface area contributed by atoms with E-state index in [-0.39, 0.29) is 5.91 Å². The summed E-state index contributed by atoms with van der Waals surface area (Å²) in [6, 6.07) is 0.341. The molecule has 1 saturated carbocycles. The Balaban J connectivity index is 2.00. The summed E-state index contributed by atoms with van der Waals surface area (Å²) in [7, 11) is 0. The molecule has 70 valence electrons. The molecule has 1 aromatic rings. The van der Waals surface area contributed by atoms with Crippen molar-refractivity contribution in [2.45, 2.75) is 25.3 Å². The van der Waals surface area contributed by atoms with Crippen LogP contribution < -0.4 is 11.1 Å². The van der Waals surface area contributed by atoms with Crippen LogP contribution in [0.3, 0.4) is 0 Å². The molecule has 0 aromatic carbocycles. The Hall–Kier alpha value is -1.10. The van der Waals surface area contributed by atoms with Crippen molar-refractivity contribution >= 4 is 22.2 Å². The molecule has 0 spiro atoms. The third-order valence-corrected chi connectivity index (χ3v) is 2.91. The fourth-order valence-electron chi connectivity index (χ4n) is 1.23. The summed E-state index contributed by atoms with van der Waals surface area (Å²) in [6.07, 6.45) is 3.36. The molecule has 1 heterocycles. The molecular weight excluding hydrogens is 186 g/mol. The van der Waals surface area contributed by atoms with Gasteiger partial charge in [0, 0.05) is 6.04 Å². The van der Waals surface area contributed by atoms with Gasteiger partial charge in [-0.3, -0.25) is 4.79 Å². The first kappa shape index (κ1) is 8.50. The van der Waals surface area contributed by atoms with Crippen LogP contribution >= 0.6 is 11.3 Å². The van der Waals surface area contributed by atoms with E-state index in [9.17, 15) is 4.79 Å². The van der Waals surface area contributed by atoms with Gasteiger partial charge < -0.3 is 11.1 Å². The highest BCUT2D eigenvalue weighted by atomic mass is 32.1. The highest BCUT2D eigenvalue weighted by Gasteiger charge is 2.22. The predicted molar refractivity (Wildman–Crippen MR) is 51.6 cm³/mol. The highest BCUT2D eigenvalue weighted by Crippen LogP contribution is 2.20. The Morgan fingerprint density at radius 2 is 2.46 bits per heavy atom. The van der Waals surface area contributed by atoms with Crippen molar-refractivity contribution in [3.05, 3.63) is 11.2 Å². The smallest absolute Gasteiger partial charge is 0.273 e. The van der Waals surface area contributed by atoms with Crippen LogP contribution in [0.25, 0.3) is 0 Å². The molecule has 2 rings (SSSR count). The standard InChI is InChI=1S/C8H11N3OS/c9-7-6(10-4-13-7)8(12)11-5-2-1-3-5/h4-5H,1-3,9H2,(H,11,12). The zero-order valence-electron chi connectivity index (χ0n) is 7.12. The van der Waals surface area contributed by atoms with Gasteiger partial charge in [0.05, 0.1) is 5.51 Å². The molecule has 0 radical (unpaired) electrons. The van der Waals surface area contributed by atoms with Crippen molar-refractivity contribution in [2.24, 2.45) is 0 Å². The molecular formula is C8H11N3OS. The minimum Gasteiger partial charge on any atom is -0.389 e. The van der Waals surface area contributed by atoms with Gasteiger partial charge in [0.2, 0.25) is 0 Å². The SMILES string of the molecule is Nc1scnc1C(=O)NC1CCC1. The van der Waals surface area contributed by atoms with Crippen LogP contribution in [-0.2, 0) is 0 Å². The molecule has 4 nitrogen and oxygen atoms in total. The maximum Gasteiger partial charge on any atom is 0.273 e. The highest BCUT2D eigenvalue weighted by molar-refractivity contribution is 7.14. The lowest BCUT2D eigenvalue weighted by atomic mass is 9.93. The van der Waals surface area contributed by atoms with Crippen molar-refractivity contribution in [2.75, 3.05) is 5.73 Å². The molecule has 1 aliphatic rings. The van der Waals surface area contributed by atoms with Crippen molar-refractivity contribution in [3.8, 4) is 0 Å². The van der Waals surface area contributed by atoms with Crippen LogP contribution in [0.4, 0.5) is 5.00 Å². The van der Waals surface area contributed by atoms with E-state index in [0.29, 0.717) is 16.7 Å². The average molecular weight is 197 g/mol. The second-order valence-electron chi connectivity index (χ2n) is 3.17. The van der Waals surface area contributed by atoms with E-state index < -0.39 is 0 Å². The van der Waals surface area contributed by atoms with E-state index in [1.165, 1.54) is 17.8 Å². The lowest BCUT2D eigenvalue weighted by Gasteiger charge is -2.25. The van der Waals surface area contributed by atoms with Gasteiger partial charge in [-0.2, -0.15) is 0 Å². The van der Waals surface area contributed by atoms with Crippen LogP contribution in [0, 0.1) is 0 Å². The largest absolute Gasteiger partial charge is 0.389 e. The predicted octanol–water partition coefficient (Wildman–Crippen LogP) is 1.01. The summed E-state index contributed by atoms with van der Waals surface area (Å²) in [5.74, 6) is -0.136. The summed E-state index contributed by atoms with van der Waals surface area (Å²) in [4.78, 5) is 15.4. The van der Waals surface area contributed by atoms with Gasteiger partial charge in [0.25, 0.3) is 5.91 Å². The fraction of sp³-hybridized carbons (Fsp3) is 0.500. The molecule has 1 aliphatic carbocycles. The second-order valence-corrected chi connectivity index (χ2v) is 4.05. The number of hydrogen-bond donors (Lipinski definition) is 2. The Morgan fingerprint density at radius 1 is 1.69 bits per heavy atom. The molecule has 0 bridgehead atoms. The molecule has 0 unspecified atom stereocenters. The molecule has 1 fully saturated rings. The minimum atomic E-state index is -0.136. The van der Waals surface area contributed by atoms with Crippen LogP contribution in [-0.4, -0.2) is 16.9 Å². The van der Waals surface area contributed by atoms with Crippen LogP contribution in [0.15, 0.2) is 5.51 Å². The number of aromatic nitrogens is 1. The summed E-state index contributed by atoms with van der Waals surface area (Å²) >= 11 is 1.29. The van der Waals surface area contributed by atoms with Gasteiger partial charge in [-0.05, 0) is 19.3 Å². The van der Waals surface area contributed by atoms with E-state index in [0.717, 1.165) is 12.8 Å². The Kier molecular flexibility index (Phi) is 2.18. The van der Waals surface area contributed by atoms with Gasteiger partial charge >= 0.3 is 0 Å². The van der Waals surface area contributed by atoms with E-state index in [2.05, 4.69) is 10.3 Å². The number of amides is 1. The number of nitrogen functional groups attached to an aromatic ring is 1. The first-order valence-electron chi connectivity index (χ1n) is 4.27. The summed E-state index contributed by atoms with van der Waals surface area (Å²) in [5.41, 5.74) is 7.53. The zero-order chi connectivity index (χ0) is 9.26. The Bertz CT molecular complexity index is 319. The monoisotopic (exact) mass is 197 g/mol. The molecule has 0 atom stereocenters. The molecule has 3 N–H and O–H groups in total. The van der Waals surface area contributed by atoms with Gasteiger partial charge in [-0.15, -0.1) is 11.3 Å². The lowest BCUT2D eigenvalue weighted by Crippen LogP contribution is -2.39. The normalized spacial score (nSPS) is 16.6. The van der Waals surface area contributed by atoms with E-state index >= 15 is 0 Å². The maximum absolute atomic E-state index is 11.5. The van der Waals surface area contributed by atoms with Gasteiger partial charge in [0.1, 0.15) is 5.00 Å². The molecule has 13 heavy (non-hydrogen) atoms. The number of anilines is 1. The average Bonchev–Trinajstić information content (AvgIpc) is 2.43. The third kappa shape index (κ3) is 1.65. The van der Waals surface area contributed by atoms with Crippen molar-refractivity contribution < 1.29 is 4.79 Å². The van der Waals surface area contributed by atoms with Crippen LogP contribution in [0.5, 0.6) is 0 Å². The minimum absolute atomic E-state index is 0.136. The number of nitrogens with two attached hydrogens (primary N) is 1. The molecule has 5 heteroatoms. The molecule has 0 aliphatic heterocycles. The summed E-state index contributed by atoms with van der Waals surface area (Å²) in [5, 5.41) is 3.38. The number of nitrogens with one attached hydrogen (secondary N) is 1. The summed E-state index contributed by atoms with van der Waals surface area (Å²) < 4.78 is 0. The first-order chi connectivity index (χ1) is 6.27. The van der Waals surface area contributed by atoms with Crippen molar-refractivity contribution in [1.82, 2.24) is 10.3 Å². The second kappa shape index (κ2) is 3.33. The third-order valence-electron chi connectivity index (χ3n) is 2.25. The van der Waals surface area contributed by atoms with Crippen LogP contribution in [0.2, 0.25) is 0 Å². The number of nitrogens with zero attached hydrogens (tertiary/aromatic N) is 1. The zero-order valence-corrected chi connectivity index (χ0v) is 7.93. The van der Waals surface area contributed by atoms with Crippen molar-refractivity contribution in [1.29, 1.82) is 0 Å². The summed E-state index contributed by atoms with van der Waals surface area (Å²) in [6.45, 7) is 0. The van der Waals surface area contributed by atoms with Gasteiger partial charge in [-0.1, -0.05) is 0 Å². The van der Waals surface area contributed by atoms with E-state index in [1.807, 2.05) is 0 Å². The number of carbonyl (C=O) groups excluding carboxylic acids is 1.